The van der Waals surface area contributed by atoms with Crippen LogP contribution >= 0.6 is 15.9 Å². The van der Waals surface area contributed by atoms with Crippen molar-refractivity contribution < 1.29 is 4.39 Å². The average molecular weight is 304 g/mol. The van der Waals surface area contributed by atoms with Gasteiger partial charge < -0.3 is 5.73 Å². The Hall–Kier alpha value is -0.420. The summed E-state index contributed by atoms with van der Waals surface area (Å²) in [6.45, 7) is 1.92. The molecule has 1 aromatic rings. The maximum Gasteiger partial charge on any atom is 0.118 e. The molecular weight excluding hydrogens is 285 g/mol. The lowest BCUT2D eigenvalue weighted by molar-refractivity contribution is 0.0941. The molecule has 1 aliphatic carbocycles. The van der Waals surface area contributed by atoms with Crippen molar-refractivity contribution in [2.24, 2.45) is 12.8 Å². The van der Waals surface area contributed by atoms with Crippen LogP contribution in [0.4, 0.5) is 4.39 Å². The number of rotatable bonds is 2. The number of hydrogen-bond donors (Lipinski definition) is 1. The van der Waals surface area contributed by atoms with Crippen molar-refractivity contribution in [3.8, 4) is 0 Å². The van der Waals surface area contributed by atoms with Gasteiger partial charge in [0.25, 0.3) is 0 Å². The molecule has 0 spiro atoms. The van der Waals surface area contributed by atoms with Crippen LogP contribution in [0.25, 0.3) is 0 Å². The Labute approximate surface area is 110 Å². The van der Waals surface area contributed by atoms with Crippen molar-refractivity contribution in [1.82, 2.24) is 9.78 Å². The zero-order valence-electron chi connectivity index (χ0n) is 10.3. The van der Waals surface area contributed by atoms with Gasteiger partial charge in [-0.05, 0) is 48.5 Å². The summed E-state index contributed by atoms with van der Waals surface area (Å²) >= 11 is 3.49. The summed E-state index contributed by atoms with van der Waals surface area (Å²) < 4.78 is 17.4. The molecule has 1 saturated carbocycles. The summed E-state index contributed by atoms with van der Waals surface area (Å²) in [5.41, 5.74) is 6.54. The molecule has 5 heteroatoms. The molecule has 0 saturated heterocycles. The highest BCUT2D eigenvalue weighted by Crippen LogP contribution is 2.36. The Morgan fingerprint density at radius 2 is 2.35 bits per heavy atom. The molecule has 2 atom stereocenters. The van der Waals surface area contributed by atoms with E-state index in [-0.39, 0.29) is 6.04 Å². The van der Waals surface area contributed by atoms with E-state index in [9.17, 15) is 4.39 Å². The number of aromatic nitrogens is 2. The SMILES string of the molecule is Cc1nn(C)c(CC2(F)CCCC(N)C2)c1Br. The highest BCUT2D eigenvalue weighted by atomic mass is 79.9. The van der Waals surface area contributed by atoms with Crippen molar-refractivity contribution in [1.29, 1.82) is 0 Å². The molecule has 2 unspecified atom stereocenters. The van der Waals surface area contributed by atoms with Gasteiger partial charge in [-0.3, -0.25) is 4.68 Å². The Kier molecular flexibility index (Phi) is 3.59. The van der Waals surface area contributed by atoms with Crippen LogP contribution in [0, 0.1) is 6.92 Å². The van der Waals surface area contributed by atoms with Crippen molar-refractivity contribution in [2.45, 2.75) is 50.7 Å². The lowest BCUT2D eigenvalue weighted by Gasteiger charge is -2.33. The zero-order chi connectivity index (χ0) is 12.6. The molecule has 1 aliphatic rings. The number of aryl methyl sites for hydroxylation is 2. The molecule has 1 aromatic heterocycles. The molecule has 1 heterocycles. The van der Waals surface area contributed by atoms with Crippen LogP contribution < -0.4 is 5.73 Å². The molecule has 2 rings (SSSR count). The Morgan fingerprint density at radius 3 is 2.88 bits per heavy atom. The van der Waals surface area contributed by atoms with E-state index >= 15 is 0 Å². The number of hydrogen-bond acceptors (Lipinski definition) is 2. The van der Waals surface area contributed by atoms with E-state index in [0.717, 1.165) is 28.7 Å². The van der Waals surface area contributed by atoms with Crippen molar-refractivity contribution >= 4 is 15.9 Å². The summed E-state index contributed by atoms with van der Waals surface area (Å²) in [7, 11) is 1.86. The summed E-state index contributed by atoms with van der Waals surface area (Å²) in [4.78, 5) is 0. The summed E-state index contributed by atoms with van der Waals surface area (Å²) in [6, 6.07) is 0.00171. The highest BCUT2D eigenvalue weighted by Gasteiger charge is 2.36. The van der Waals surface area contributed by atoms with Gasteiger partial charge in [-0.25, -0.2) is 4.39 Å². The largest absolute Gasteiger partial charge is 0.328 e. The monoisotopic (exact) mass is 303 g/mol. The van der Waals surface area contributed by atoms with Crippen LogP contribution in [0.2, 0.25) is 0 Å². The third kappa shape index (κ3) is 2.71. The number of halogens is 2. The normalized spacial score (nSPS) is 29.6. The molecule has 2 N–H and O–H groups in total. The molecule has 0 radical (unpaired) electrons. The fourth-order valence-electron chi connectivity index (χ4n) is 2.69. The van der Waals surface area contributed by atoms with E-state index in [0.29, 0.717) is 19.3 Å². The van der Waals surface area contributed by atoms with Gasteiger partial charge in [-0.1, -0.05) is 0 Å². The third-order valence-electron chi connectivity index (χ3n) is 3.57. The second-order valence-corrected chi connectivity index (χ2v) is 5.95. The minimum Gasteiger partial charge on any atom is -0.328 e. The summed E-state index contributed by atoms with van der Waals surface area (Å²) in [5.74, 6) is 0. The quantitative estimate of drug-likeness (QED) is 0.913. The van der Waals surface area contributed by atoms with Crippen LogP contribution in [-0.4, -0.2) is 21.5 Å². The average Bonchev–Trinajstić information content (AvgIpc) is 2.44. The first-order chi connectivity index (χ1) is 7.91. The first kappa shape index (κ1) is 13.0. The van der Waals surface area contributed by atoms with Gasteiger partial charge in [0.1, 0.15) is 5.67 Å². The lowest BCUT2D eigenvalue weighted by Crippen LogP contribution is -2.39. The van der Waals surface area contributed by atoms with Gasteiger partial charge in [0, 0.05) is 19.5 Å². The molecule has 96 valence electrons. The number of alkyl halides is 1. The third-order valence-corrected chi connectivity index (χ3v) is 4.61. The highest BCUT2D eigenvalue weighted by molar-refractivity contribution is 9.10. The first-order valence-corrected chi connectivity index (χ1v) is 6.83. The maximum absolute atomic E-state index is 14.7. The number of nitrogens with zero attached hydrogens (tertiary/aromatic N) is 2. The lowest BCUT2D eigenvalue weighted by atomic mass is 9.80. The minimum absolute atomic E-state index is 0.00171. The molecule has 17 heavy (non-hydrogen) atoms. The maximum atomic E-state index is 14.7. The van der Waals surface area contributed by atoms with Crippen molar-refractivity contribution in [2.75, 3.05) is 0 Å². The van der Waals surface area contributed by atoms with Gasteiger partial charge >= 0.3 is 0 Å². The van der Waals surface area contributed by atoms with E-state index in [2.05, 4.69) is 21.0 Å². The van der Waals surface area contributed by atoms with Gasteiger partial charge in [-0.15, -0.1) is 0 Å². The standard InChI is InChI=1S/C12H19BrFN3/c1-8-11(13)10(17(2)16-8)7-12(14)5-3-4-9(15)6-12/h9H,3-7,15H2,1-2H3. The van der Waals surface area contributed by atoms with E-state index in [4.69, 9.17) is 5.73 Å². The molecule has 3 nitrogen and oxygen atoms in total. The summed E-state index contributed by atoms with van der Waals surface area (Å²) in [6.07, 6.45) is 3.29. The van der Waals surface area contributed by atoms with E-state index in [1.807, 2.05) is 14.0 Å². The Balaban J connectivity index is 2.19. The second kappa shape index (κ2) is 4.69. The van der Waals surface area contributed by atoms with E-state index in [1.54, 1.807) is 4.68 Å². The molecule has 0 bridgehead atoms. The van der Waals surface area contributed by atoms with E-state index < -0.39 is 5.67 Å². The molecule has 0 amide bonds. The van der Waals surface area contributed by atoms with Gasteiger partial charge in [0.2, 0.25) is 0 Å². The van der Waals surface area contributed by atoms with Crippen LogP contribution in [0.1, 0.15) is 37.1 Å². The van der Waals surface area contributed by atoms with Gasteiger partial charge in [-0.2, -0.15) is 5.10 Å². The predicted octanol–water partition coefficient (Wildman–Crippen LogP) is 2.64. The second-order valence-electron chi connectivity index (χ2n) is 5.15. The Morgan fingerprint density at radius 1 is 1.65 bits per heavy atom. The smallest absolute Gasteiger partial charge is 0.118 e. The number of nitrogens with two attached hydrogens (primary N) is 1. The summed E-state index contributed by atoms with van der Waals surface area (Å²) in [5, 5.41) is 4.30. The van der Waals surface area contributed by atoms with Crippen molar-refractivity contribution in [3.05, 3.63) is 15.9 Å². The van der Waals surface area contributed by atoms with Crippen LogP contribution in [-0.2, 0) is 13.5 Å². The van der Waals surface area contributed by atoms with Crippen LogP contribution in [0.3, 0.4) is 0 Å². The molecule has 0 aromatic carbocycles. The molecular formula is C12H19BrFN3. The Bertz CT molecular complexity index is 418. The minimum atomic E-state index is -1.17. The molecule has 0 aliphatic heterocycles. The van der Waals surface area contributed by atoms with Crippen molar-refractivity contribution in [3.63, 3.8) is 0 Å². The molecule has 1 fully saturated rings. The van der Waals surface area contributed by atoms with Gasteiger partial charge in [0.05, 0.1) is 15.9 Å². The van der Waals surface area contributed by atoms with E-state index in [1.165, 1.54) is 0 Å². The topological polar surface area (TPSA) is 43.8 Å². The first-order valence-electron chi connectivity index (χ1n) is 6.04. The predicted molar refractivity (Wildman–Crippen MR) is 69.6 cm³/mol. The fourth-order valence-corrected chi connectivity index (χ4v) is 3.16. The zero-order valence-corrected chi connectivity index (χ0v) is 11.9. The van der Waals surface area contributed by atoms with Crippen LogP contribution in [0.5, 0.6) is 0 Å². The van der Waals surface area contributed by atoms with Crippen LogP contribution in [0.15, 0.2) is 4.47 Å². The van der Waals surface area contributed by atoms with Gasteiger partial charge in [0.15, 0.2) is 0 Å². The fraction of sp³-hybridized carbons (Fsp3) is 0.750.